The van der Waals surface area contributed by atoms with Crippen molar-refractivity contribution in [3.05, 3.63) is 52.1 Å². The Morgan fingerprint density at radius 3 is 2.78 bits per heavy atom. The van der Waals surface area contributed by atoms with E-state index >= 15 is 0 Å². The minimum atomic E-state index is -0.579. The average molecular weight is 284 g/mol. The van der Waals surface area contributed by atoms with E-state index in [4.69, 9.17) is 27.9 Å². The third-order valence-electron chi connectivity index (χ3n) is 2.37. The van der Waals surface area contributed by atoms with Crippen LogP contribution < -0.4 is 4.74 Å². The lowest BCUT2D eigenvalue weighted by atomic mass is 10.2. The van der Waals surface area contributed by atoms with Crippen LogP contribution in [0.25, 0.3) is 0 Å². The maximum absolute atomic E-state index is 9.48. The van der Waals surface area contributed by atoms with Gasteiger partial charge in [0.15, 0.2) is 0 Å². The maximum Gasteiger partial charge on any atom is 0.219 e. The lowest BCUT2D eigenvalue weighted by Crippen LogP contribution is -1.94. The highest BCUT2D eigenvalue weighted by Crippen LogP contribution is 2.34. The number of nitrogens with zero attached hydrogens (tertiary/aromatic N) is 1. The van der Waals surface area contributed by atoms with E-state index in [0.29, 0.717) is 21.7 Å². The van der Waals surface area contributed by atoms with Crippen LogP contribution in [0.2, 0.25) is 10.0 Å². The molecule has 0 saturated heterocycles. The van der Waals surface area contributed by atoms with Gasteiger partial charge in [-0.05, 0) is 30.7 Å². The number of pyridine rings is 1. The summed E-state index contributed by atoms with van der Waals surface area (Å²) in [5, 5.41) is 10.2. The van der Waals surface area contributed by atoms with Crippen LogP contribution in [0.1, 0.15) is 18.6 Å². The van der Waals surface area contributed by atoms with Crippen molar-refractivity contribution in [3.8, 4) is 11.6 Å². The normalized spacial score (nSPS) is 12.2. The summed E-state index contributed by atoms with van der Waals surface area (Å²) in [5.41, 5.74) is 0.721. The first-order chi connectivity index (χ1) is 8.58. The van der Waals surface area contributed by atoms with Crippen LogP contribution in [-0.4, -0.2) is 10.1 Å². The van der Waals surface area contributed by atoms with Gasteiger partial charge in [-0.3, -0.25) is 0 Å². The number of benzene rings is 1. The highest BCUT2D eigenvalue weighted by Gasteiger charge is 2.09. The lowest BCUT2D eigenvalue weighted by Gasteiger charge is -2.09. The van der Waals surface area contributed by atoms with Crippen LogP contribution in [0.15, 0.2) is 36.5 Å². The zero-order valence-electron chi connectivity index (χ0n) is 9.60. The monoisotopic (exact) mass is 283 g/mol. The van der Waals surface area contributed by atoms with Gasteiger partial charge in [-0.15, -0.1) is 0 Å². The first-order valence-corrected chi connectivity index (χ1v) is 6.09. The van der Waals surface area contributed by atoms with E-state index in [-0.39, 0.29) is 0 Å². The number of hydrogen-bond donors (Lipinski definition) is 1. The Kier molecular flexibility index (Phi) is 4.07. The zero-order valence-corrected chi connectivity index (χ0v) is 11.1. The van der Waals surface area contributed by atoms with E-state index in [1.165, 1.54) is 0 Å². The van der Waals surface area contributed by atoms with Gasteiger partial charge in [0.05, 0.1) is 11.1 Å². The number of rotatable bonds is 3. The second kappa shape index (κ2) is 5.57. The molecular formula is C13H11Cl2NO2. The lowest BCUT2D eigenvalue weighted by molar-refractivity contribution is 0.198. The number of aliphatic hydroxyl groups excluding tert-OH is 1. The van der Waals surface area contributed by atoms with Crippen LogP contribution >= 0.6 is 23.2 Å². The maximum atomic E-state index is 9.48. The summed E-state index contributed by atoms with van der Waals surface area (Å²) in [4.78, 5) is 4.05. The van der Waals surface area contributed by atoms with Gasteiger partial charge in [-0.2, -0.15) is 0 Å². The van der Waals surface area contributed by atoms with Crippen LogP contribution in [-0.2, 0) is 0 Å². The Morgan fingerprint density at radius 1 is 1.28 bits per heavy atom. The highest BCUT2D eigenvalue weighted by molar-refractivity contribution is 6.42. The molecule has 2 aromatic rings. The van der Waals surface area contributed by atoms with Crippen molar-refractivity contribution >= 4 is 23.2 Å². The molecule has 0 saturated carbocycles. The van der Waals surface area contributed by atoms with E-state index in [1.54, 1.807) is 43.5 Å². The van der Waals surface area contributed by atoms with Gasteiger partial charge >= 0.3 is 0 Å². The molecule has 2 rings (SSSR count). The molecule has 0 bridgehead atoms. The minimum Gasteiger partial charge on any atom is -0.437 e. The summed E-state index contributed by atoms with van der Waals surface area (Å²) >= 11 is 11.9. The van der Waals surface area contributed by atoms with Gasteiger partial charge < -0.3 is 9.84 Å². The summed E-state index contributed by atoms with van der Waals surface area (Å²) in [7, 11) is 0. The molecule has 1 N–H and O–H groups in total. The van der Waals surface area contributed by atoms with Crippen molar-refractivity contribution in [2.75, 3.05) is 0 Å². The molecular weight excluding hydrogens is 273 g/mol. The fourth-order valence-corrected chi connectivity index (χ4v) is 1.75. The third-order valence-corrected chi connectivity index (χ3v) is 3.17. The smallest absolute Gasteiger partial charge is 0.219 e. The van der Waals surface area contributed by atoms with Crippen LogP contribution in [0.3, 0.4) is 0 Å². The molecule has 0 fully saturated rings. The Balaban J connectivity index is 2.28. The molecule has 0 radical (unpaired) electrons. The van der Waals surface area contributed by atoms with Gasteiger partial charge in [-0.1, -0.05) is 29.3 Å². The molecule has 0 spiro atoms. The van der Waals surface area contributed by atoms with Crippen molar-refractivity contribution in [3.63, 3.8) is 0 Å². The van der Waals surface area contributed by atoms with Crippen molar-refractivity contribution in [1.29, 1.82) is 0 Å². The predicted octanol–water partition coefficient (Wildman–Crippen LogP) is 4.23. The number of halogens is 2. The summed E-state index contributed by atoms with van der Waals surface area (Å²) in [6.45, 7) is 1.67. The summed E-state index contributed by atoms with van der Waals surface area (Å²) < 4.78 is 5.54. The Morgan fingerprint density at radius 2 is 2.06 bits per heavy atom. The number of ether oxygens (including phenoxy) is 1. The van der Waals surface area contributed by atoms with Crippen molar-refractivity contribution in [1.82, 2.24) is 4.98 Å². The van der Waals surface area contributed by atoms with Crippen molar-refractivity contribution < 1.29 is 9.84 Å². The molecule has 1 aromatic heterocycles. The number of aromatic nitrogens is 1. The molecule has 1 heterocycles. The molecule has 0 aliphatic rings. The molecule has 0 amide bonds. The average Bonchev–Trinajstić information content (AvgIpc) is 2.35. The molecule has 0 aliphatic carbocycles. The molecule has 3 nitrogen and oxygen atoms in total. The Hall–Kier alpha value is -1.29. The van der Waals surface area contributed by atoms with E-state index in [0.717, 1.165) is 5.56 Å². The molecule has 1 atom stereocenters. The Labute approximate surface area is 115 Å². The second-order valence-electron chi connectivity index (χ2n) is 3.76. The second-order valence-corrected chi connectivity index (χ2v) is 4.54. The van der Waals surface area contributed by atoms with Gasteiger partial charge in [0.2, 0.25) is 5.88 Å². The van der Waals surface area contributed by atoms with Crippen molar-refractivity contribution in [2.45, 2.75) is 13.0 Å². The molecule has 18 heavy (non-hydrogen) atoms. The van der Waals surface area contributed by atoms with Gasteiger partial charge in [-0.25, -0.2) is 4.98 Å². The van der Waals surface area contributed by atoms with Crippen LogP contribution in [0, 0.1) is 0 Å². The molecule has 5 heteroatoms. The van der Waals surface area contributed by atoms with Crippen LogP contribution in [0.4, 0.5) is 0 Å². The molecule has 1 aromatic carbocycles. The van der Waals surface area contributed by atoms with E-state index in [9.17, 15) is 5.11 Å². The standard InChI is InChI=1S/C13H11Cl2NO2/c1-8(17)9-5-6-16-12(7-9)18-11-4-2-3-10(14)13(11)15/h2-8,17H,1H3/t8-/m0/s1. The van der Waals surface area contributed by atoms with E-state index < -0.39 is 6.10 Å². The first kappa shape index (κ1) is 13.1. The van der Waals surface area contributed by atoms with Crippen LogP contribution in [0.5, 0.6) is 11.6 Å². The number of hydrogen-bond acceptors (Lipinski definition) is 3. The fourth-order valence-electron chi connectivity index (χ4n) is 1.42. The summed E-state index contributed by atoms with van der Waals surface area (Å²) in [6, 6.07) is 8.49. The van der Waals surface area contributed by atoms with Gasteiger partial charge in [0.1, 0.15) is 10.8 Å². The largest absolute Gasteiger partial charge is 0.437 e. The topological polar surface area (TPSA) is 42.4 Å². The van der Waals surface area contributed by atoms with Gasteiger partial charge in [0, 0.05) is 12.3 Å². The Bertz CT molecular complexity index is 558. The van der Waals surface area contributed by atoms with E-state index in [1.807, 2.05) is 0 Å². The fraction of sp³-hybridized carbons (Fsp3) is 0.154. The number of aliphatic hydroxyl groups is 1. The SMILES string of the molecule is C[C@H](O)c1ccnc(Oc2cccc(Cl)c2Cl)c1. The van der Waals surface area contributed by atoms with E-state index in [2.05, 4.69) is 4.98 Å². The molecule has 0 aliphatic heterocycles. The predicted molar refractivity (Wildman–Crippen MR) is 71.4 cm³/mol. The minimum absolute atomic E-state index is 0.336. The molecule has 0 unspecified atom stereocenters. The summed E-state index contributed by atoms with van der Waals surface area (Å²) in [5.74, 6) is 0.789. The van der Waals surface area contributed by atoms with Gasteiger partial charge in [0.25, 0.3) is 0 Å². The molecule has 94 valence electrons. The van der Waals surface area contributed by atoms with Crippen molar-refractivity contribution in [2.24, 2.45) is 0 Å². The summed E-state index contributed by atoms with van der Waals surface area (Å²) in [6.07, 6.45) is 0.987. The first-order valence-electron chi connectivity index (χ1n) is 5.34. The highest BCUT2D eigenvalue weighted by atomic mass is 35.5. The quantitative estimate of drug-likeness (QED) is 0.916. The zero-order chi connectivity index (χ0) is 13.1. The third kappa shape index (κ3) is 2.93.